The van der Waals surface area contributed by atoms with Crippen molar-refractivity contribution in [1.82, 2.24) is 9.88 Å². The van der Waals surface area contributed by atoms with E-state index in [9.17, 15) is 5.11 Å². The van der Waals surface area contributed by atoms with E-state index in [1.165, 1.54) is 5.56 Å². The van der Waals surface area contributed by atoms with E-state index in [4.69, 9.17) is 4.74 Å². The van der Waals surface area contributed by atoms with Gasteiger partial charge in [0.2, 0.25) is 0 Å². The van der Waals surface area contributed by atoms with Gasteiger partial charge in [-0.2, -0.15) is 0 Å². The normalized spacial score (nSPS) is 24.1. The Morgan fingerprint density at radius 1 is 1.56 bits per heavy atom. The van der Waals surface area contributed by atoms with Gasteiger partial charge >= 0.3 is 0 Å². The Hall–Kier alpha value is -0.970. The molecule has 0 radical (unpaired) electrons. The Morgan fingerprint density at radius 2 is 2.39 bits per heavy atom. The maximum atomic E-state index is 9.26. The van der Waals surface area contributed by atoms with Crippen molar-refractivity contribution in [2.24, 2.45) is 0 Å². The van der Waals surface area contributed by atoms with Crippen LogP contribution < -0.4 is 0 Å². The number of aliphatic hydroxyl groups is 1. The molecule has 2 rings (SSSR count). The maximum absolute atomic E-state index is 9.26. The Morgan fingerprint density at radius 3 is 3.06 bits per heavy atom. The number of hydrogen-bond donors (Lipinski definition) is 1. The molecule has 1 aliphatic rings. The molecule has 18 heavy (non-hydrogen) atoms. The summed E-state index contributed by atoms with van der Waals surface area (Å²) in [5, 5.41) is 9.26. The Balaban J connectivity index is 1.89. The zero-order valence-electron chi connectivity index (χ0n) is 11.2. The van der Waals surface area contributed by atoms with Gasteiger partial charge in [-0.1, -0.05) is 6.07 Å². The highest BCUT2D eigenvalue weighted by Crippen LogP contribution is 2.20. The van der Waals surface area contributed by atoms with E-state index in [1.807, 2.05) is 12.3 Å². The molecule has 1 aromatic heterocycles. The predicted octanol–water partition coefficient (Wildman–Crippen LogP) is 1.10. The van der Waals surface area contributed by atoms with Crippen LogP contribution in [-0.2, 0) is 11.2 Å². The lowest BCUT2D eigenvalue weighted by atomic mass is 10.0. The third kappa shape index (κ3) is 3.77. The summed E-state index contributed by atoms with van der Waals surface area (Å²) < 4.78 is 5.80. The van der Waals surface area contributed by atoms with Crippen molar-refractivity contribution in [2.75, 3.05) is 26.2 Å². The van der Waals surface area contributed by atoms with Gasteiger partial charge in [0.1, 0.15) is 0 Å². The summed E-state index contributed by atoms with van der Waals surface area (Å²) in [7, 11) is 0. The van der Waals surface area contributed by atoms with Gasteiger partial charge in [0.25, 0.3) is 0 Å². The van der Waals surface area contributed by atoms with Crippen molar-refractivity contribution < 1.29 is 9.84 Å². The number of rotatable bonds is 4. The molecular weight excluding hydrogens is 228 g/mol. The first-order valence-electron chi connectivity index (χ1n) is 6.49. The summed E-state index contributed by atoms with van der Waals surface area (Å²) in [5.41, 5.74) is 1.07. The Bertz CT molecular complexity index is 367. The molecular formula is C14H22N2O2. The lowest BCUT2D eigenvalue weighted by Crippen LogP contribution is -2.54. The van der Waals surface area contributed by atoms with Crippen LogP contribution in [0, 0.1) is 0 Å². The average molecular weight is 250 g/mol. The topological polar surface area (TPSA) is 45.6 Å². The van der Waals surface area contributed by atoms with Gasteiger partial charge in [-0.3, -0.25) is 9.88 Å². The molecule has 1 atom stereocenters. The number of ether oxygens (including phenoxy) is 1. The van der Waals surface area contributed by atoms with E-state index < -0.39 is 0 Å². The van der Waals surface area contributed by atoms with E-state index >= 15 is 0 Å². The van der Waals surface area contributed by atoms with Crippen molar-refractivity contribution in [3.05, 3.63) is 30.1 Å². The van der Waals surface area contributed by atoms with E-state index in [0.717, 1.165) is 26.1 Å². The molecule has 0 spiro atoms. The number of aliphatic hydroxyl groups excluding tert-OH is 1. The van der Waals surface area contributed by atoms with Crippen LogP contribution in [0.4, 0.5) is 0 Å². The van der Waals surface area contributed by atoms with Crippen LogP contribution >= 0.6 is 0 Å². The number of aromatic nitrogens is 1. The first-order chi connectivity index (χ1) is 8.59. The quantitative estimate of drug-likeness (QED) is 0.869. The molecule has 0 bridgehead atoms. The number of hydrogen-bond acceptors (Lipinski definition) is 4. The van der Waals surface area contributed by atoms with Crippen LogP contribution in [-0.4, -0.2) is 52.9 Å². The van der Waals surface area contributed by atoms with Gasteiger partial charge in [-0.25, -0.2) is 0 Å². The Kier molecular flexibility index (Phi) is 4.32. The van der Waals surface area contributed by atoms with Crippen molar-refractivity contribution in [3.8, 4) is 0 Å². The number of morpholine rings is 1. The van der Waals surface area contributed by atoms with Crippen molar-refractivity contribution in [1.29, 1.82) is 0 Å². The van der Waals surface area contributed by atoms with Gasteiger partial charge in [-0.15, -0.1) is 0 Å². The summed E-state index contributed by atoms with van der Waals surface area (Å²) in [6.45, 7) is 6.93. The van der Waals surface area contributed by atoms with Gasteiger partial charge in [0.15, 0.2) is 0 Å². The minimum atomic E-state index is -0.180. The molecule has 1 N–H and O–H groups in total. The van der Waals surface area contributed by atoms with E-state index in [-0.39, 0.29) is 18.3 Å². The summed E-state index contributed by atoms with van der Waals surface area (Å²) in [5.74, 6) is 0. The van der Waals surface area contributed by atoms with Crippen molar-refractivity contribution >= 4 is 0 Å². The molecule has 100 valence electrons. The molecule has 1 aromatic rings. The summed E-state index contributed by atoms with van der Waals surface area (Å²) >= 11 is 0. The van der Waals surface area contributed by atoms with Crippen molar-refractivity contribution in [2.45, 2.75) is 32.0 Å². The summed E-state index contributed by atoms with van der Waals surface area (Å²) in [6, 6.07) is 4.07. The fraction of sp³-hybridized carbons (Fsp3) is 0.643. The van der Waals surface area contributed by atoms with Gasteiger partial charge in [0.05, 0.1) is 18.3 Å². The van der Waals surface area contributed by atoms with E-state index in [2.05, 4.69) is 29.8 Å². The van der Waals surface area contributed by atoms with E-state index in [0.29, 0.717) is 0 Å². The molecule has 0 aromatic carbocycles. The second-order valence-corrected chi connectivity index (χ2v) is 5.53. The Labute approximate surface area is 109 Å². The minimum absolute atomic E-state index is 0.0670. The fourth-order valence-corrected chi connectivity index (χ4v) is 2.52. The van der Waals surface area contributed by atoms with Crippen LogP contribution in [0.25, 0.3) is 0 Å². The highest BCUT2D eigenvalue weighted by molar-refractivity contribution is 5.08. The molecule has 0 amide bonds. The zero-order chi connectivity index (χ0) is 13.0. The lowest BCUT2D eigenvalue weighted by molar-refractivity contribution is -0.148. The lowest BCUT2D eigenvalue weighted by Gasteiger charge is -2.42. The van der Waals surface area contributed by atoms with Crippen LogP contribution in [0.1, 0.15) is 19.4 Å². The maximum Gasteiger partial charge on any atom is 0.0940 e. The standard InChI is InChI=1S/C14H22N2O2/c1-14(2)11-16(9-13(10-17)18-14)7-5-12-4-3-6-15-8-12/h3-4,6,8,13,17H,5,7,9-11H2,1-2H3. The first kappa shape index (κ1) is 13.5. The highest BCUT2D eigenvalue weighted by atomic mass is 16.5. The molecule has 0 saturated carbocycles. The van der Waals surface area contributed by atoms with Crippen molar-refractivity contribution in [3.63, 3.8) is 0 Å². The summed E-state index contributed by atoms with van der Waals surface area (Å²) in [4.78, 5) is 6.48. The molecule has 1 saturated heterocycles. The van der Waals surface area contributed by atoms with Crippen LogP contribution in [0.5, 0.6) is 0 Å². The molecule has 4 heteroatoms. The fourth-order valence-electron chi connectivity index (χ4n) is 2.52. The smallest absolute Gasteiger partial charge is 0.0940 e. The second-order valence-electron chi connectivity index (χ2n) is 5.53. The van der Waals surface area contributed by atoms with Gasteiger partial charge in [-0.05, 0) is 31.9 Å². The summed E-state index contributed by atoms with van der Waals surface area (Å²) in [6.07, 6.45) is 4.63. The van der Waals surface area contributed by atoms with Gasteiger partial charge in [0, 0.05) is 32.0 Å². The average Bonchev–Trinajstić information content (AvgIpc) is 2.36. The number of nitrogens with zero attached hydrogens (tertiary/aromatic N) is 2. The minimum Gasteiger partial charge on any atom is -0.394 e. The SMILES string of the molecule is CC1(C)CN(CCc2cccnc2)CC(CO)O1. The molecule has 2 heterocycles. The second kappa shape index (κ2) is 5.78. The highest BCUT2D eigenvalue weighted by Gasteiger charge is 2.32. The third-order valence-electron chi connectivity index (χ3n) is 3.20. The predicted molar refractivity (Wildman–Crippen MR) is 70.4 cm³/mol. The van der Waals surface area contributed by atoms with Crippen LogP contribution in [0.3, 0.4) is 0 Å². The van der Waals surface area contributed by atoms with Crippen LogP contribution in [0.15, 0.2) is 24.5 Å². The molecule has 4 nitrogen and oxygen atoms in total. The monoisotopic (exact) mass is 250 g/mol. The van der Waals surface area contributed by atoms with E-state index in [1.54, 1.807) is 6.20 Å². The largest absolute Gasteiger partial charge is 0.394 e. The first-order valence-corrected chi connectivity index (χ1v) is 6.49. The van der Waals surface area contributed by atoms with Gasteiger partial charge < -0.3 is 9.84 Å². The number of pyridine rings is 1. The molecule has 1 fully saturated rings. The third-order valence-corrected chi connectivity index (χ3v) is 3.20. The molecule has 1 unspecified atom stereocenters. The molecule has 1 aliphatic heterocycles. The molecule has 0 aliphatic carbocycles. The zero-order valence-corrected chi connectivity index (χ0v) is 11.2. The van der Waals surface area contributed by atoms with Crippen LogP contribution in [0.2, 0.25) is 0 Å².